The van der Waals surface area contributed by atoms with Gasteiger partial charge in [0.15, 0.2) is 0 Å². The van der Waals surface area contributed by atoms with Gasteiger partial charge in [0.05, 0.1) is 5.60 Å². The van der Waals surface area contributed by atoms with E-state index in [0.717, 1.165) is 45.2 Å². The lowest BCUT2D eigenvalue weighted by Crippen LogP contribution is -2.55. The topological polar surface area (TPSA) is 49.5 Å². The molecule has 1 saturated carbocycles. The Morgan fingerprint density at radius 3 is 2.65 bits per heavy atom. The van der Waals surface area contributed by atoms with Gasteiger partial charge < -0.3 is 15.7 Å². The lowest BCUT2D eigenvalue weighted by molar-refractivity contribution is -0.116. The van der Waals surface area contributed by atoms with Crippen molar-refractivity contribution in [1.82, 2.24) is 4.90 Å². The Balaban J connectivity index is 2.11. The molecule has 2 aliphatic rings. The largest absolute Gasteiger partial charge is 0.389 e. The minimum atomic E-state index is -0.529. The van der Waals surface area contributed by atoms with Crippen molar-refractivity contribution in [3.63, 3.8) is 0 Å². The Bertz CT molecular complexity index is 309. The van der Waals surface area contributed by atoms with Gasteiger partial charge in [-0.1, -0.05) is 26.7 Å². The average molecular weight is 282 g/mol. The highest BCUT2D eigenvalue weighted by atomic mass is 16.3. The van der Waals surface area contributed by atoms with Gasteiger partial charge in [-0.2, -0.15) is 0 Å². The van der Waals surface area contributed by atoms with E-state index < -0.39 is 5.60 Å². The van der Waals surface area contributed by atoms with Crippen LogP contribution in [0.25, 0.3) is 0 Å². The maximum absolute atomic E-state index is 11.4. The highest BCUT2D eigenvalue weighted by Crippen LogP contribution is 2.50. The lowest BCUT2D eigenvalue weighted by Gasteiger charge is -2.51. The molecular weight excluding hydrogens is 248 g/mol. The fraction of sp³-hybridized carbons (Fsp3) is 1.00. The Morgan fingerprint density at radius 1 is 1.20 bits per heavy atom. The lowest BCUT2D eigenvalue weighted by atomic mass is 9.58. The zero-order valence-corrected chi connectivity index (χ0v) is 13.5. The first-order valence-electron chi connectivity index (χ1n) is 8.70. The van der Waals surface area contributed by atoms with Gasteiger partial charge in [-0.15, -0.1) is 0 Å². The third kappa shape index (κ3) is 3.20. The predicted molar refractivity (Wildman–Crippen MR) is 84.7 cm³/mol. The van der Waals surface area contributed by atoms with Crippen LogP contribution < -0.4 is 5.73 Å². The number of likely N-dealkylation sites (tertiary alicyclic amines) is 1. The van der Waals surface area contributed by atoms with Crippen LogP contribution >= 0.6 is 0 Å². The number of nitrogens with two attached hydrogens (primary N) is 1. The van der Waals surface area contributed by atoms with Crippen LogP contribution in [0, 0.1) is 11.3 Å². The zero-order chi connectivity index (χ0) is 14.6. The summed E-state index contributed by atoms with van der Waals surface area (Å²) in [4.78, 5) is 2.52. The van der Waals surface area contributed by atoms with Gasteiger partial charge in [0.1, 0.15) is 0 Å². The van der Waals surface area contributed by atoms with Gasteiger partial charge in [0.2, 0.25) is 0 Å². The van der Waals surface area contributed by atoms with E-state index in [1.54, 1.807) is 0 Å². The van der Waals surface area contributed by atoms with Crippen molar-refractivity contribution in [3.8, 4) is 0 Å². The summed E-state index contributed by atoms with van der Waals surface area (Å²) in [6.07, 6.45) is 8.96. The number of hydrogen-bond acceptors (Lipinski definition) is 3. The molecule has 3 nitrogen and oxygen atoms in total. The van der Waals surface area contributed by atoms with E-state index in [2.05, 4.69) is 18.7 Å². The molecule has 1 heterocycles. The van der Waals surface area contributed by atoms with Gasteiger partial charge in [-0.3, -0.25) is 0 Å². The summed E-state index contributed by atoms with van der Waals surface area (Å²) in [5, 5.41) is 11.4. The van der Waals surface area contributed by atoms with Crippen LogP contribution in [-0.4, -0.2) is 41.8 Å². The number of hydrogen-bond donors (Lipinski definition) is 2. The summed E-state index contributed by atoms with van der Waals surface area (Å²) >= 11 is 0. The van der Waals surface area contributed by atoms with Crippen LogP contribution in [0.2, 0.25) is 0 Å². The van der Waals surface area contributed by atoms with Crippen molar-refractivity contribution < 1.29 is 5.11 Å². The molecular formula is C17H34N2O. The minimum Gasteiger partial charge on any atom is -0.389 e. The van der Waals surface area contributed by atoms with E-state index >= 15 is 0 Å². The molecule has 1 aliphatic carbocycles. The first kappa shape index (κ1) is 16.3. The first-order chi connectivity index (χ1) is 9.55. The highest BCUT2D eigenvalue weighted by Gasteiger charge is 2.50. The molecule has 0 bridgehead atoms. The fourth-order valence-corrected chi connectivity index (χ4v) is 4.70. The van der Waals surface area contributed by atoms with Crippen LogP contribution in [-0.2, 0) is 0 Å². The Kier molecular flexibility index (Phi) is 5.49. The zero-order valence-electron chi connectivity index (χ0n) is 13.5. The van der Waals surface area contributed by atoms with Crippen LogP contribution in [0.1, 0.15) is 65.2 Å². The number of rotatable bonds is 4. The van der Waals surface area contributed by atoms with Crippen molar-refractivity contribution in [2.24, 2.45) is 17.1 Å². The molecule has 3 heteroatoms. The minimum absolute atomic E-state index is 0.0209. The molecule has 1 saturated heterocycles. The first-order valence-corrected chi connectivity index (χ1v) is 8.70. The van der Waals surface area contributed by atoms with E-state index in [1.165, 1.54) is 25.8 Å². The van der Waals surface area contributed by atoms with Crippen LogP contribution in [0.3, 0.4) is 0 Å². The quantitative estimate of drug-likeness (QED) is 0.833. The summed E-state index contributed by atoms with van der Waals surface area (Å²) < 4.78 is 0. The molecule has 3 atom stereocenters. The number of aliphatic hydroxyl groups is 1. The monoisotopic (exact) mass is 282 g/mol. The van der Waals surface area contributed by atoms with E-state index in [4.69, 9.17) is 5.73 Å². The van der Waals surface area contributed by atoms with Crippen molar-refractivity contribution in [3.05, 3.63) is 0 Å². The second kappa shape index (κ2) is 6.76. The summed E-state index contributed by atoms with van der Waals surface area (Å²) in [5.74, 6) is 0.714. The SMILES string of the molecule is CCCN1CCCC(O)(C2(CN)CCCC(C)C2)CC1. The standard InChI is InChI=1S/C17H34N2O/c1-3-10-19-11-5-8-17(20,9-12-19)16(14-18)7-4-6-15(2)13-16/h15,20H,3-14,18H2,1-2H3. The van der Waals surface area contributed by atoms with Crippen LogP contribution in [0.5, 0.6) is 0 Å². The Morgan fingerprint density at radius 2 is 2.00 bits per heavy atom. The maximum Gasteiger partial charge on any atom is 0.0728 e. The summed E-state index contributed by atoms with van der Waals surface area (Å²) in [6, 6.07) is 0. The smallest absolute Gasteiger partial charge is 0.0728 e. The molecule has 0 amide bonds. The van der Waals surface area contributed by atoms with Crippen molar-refractivity contribution in [1.29, 1.82) is 0 Å². The molecule has 2 rings (SSSR count). The third-order valence-electron chi connectivity index (χ3n) is 5.92. The molecule has 0 radical (unpaired) electrons. The maximum atomic E-state index is 11.4. The summed E-state index contributed by atoms with van der Waals surface area (Å²) in [5.41, 5.74) is 5.64. The van der Waals surface area contributed by atoms with Gasteiger partial charge in [-0.25, -0.2) is 0 Å². The van der Waals surface area contributed by atoms with Gasteiger partial charge in [0, 0.05) is 18.5 Å². The summed E-state index contributed by atoms with van der Waals surface area (Å²) in [7, 11) is 0. The molecule has 0 aromatic rings. The average Bonchev–Trinajstić information content (AvgIpc) is 2.63. The Labute approximate surface area is 124 Å². The van der Waals surface area contributed by atoms with Crippen molar-refractivity contribution >= 4 is 0 Å². The van der Waals surface area contributed by atoms with E-state index in [9.17, 15) is 5.11 Å². The second-order valence-electron chi connectivity index (χ2n) is 7.41. The molecule has 0 aromatic heterocycles. The molecule has 118 valence electrons. The van der Waals surface area contributed by atoms with E-state index in [0.29, 0.717) is 12.5 Å². The van der Waals surface area contributed by atoms with E-state index in [1.807, 2.05) is 0 Å². The van der Waals surface area contributed by atoms with Gasteiger partial charge >= 0.3 is 0 Å². The van der Waals surface area contributed by atoms with Crippen LogP contribution in [0.4, 0.5) is 0 Å². The van der Waals surface area contributed by atoms with Crippen molar-refractivity contribution in [2.75, 3.05) is 26.2 Å². The van der Waals surface area contributed by atoms with Crippen molar-refractivity contribution in [2.45, 2.75) is 70.8 Å². The number of nitrogens with zero attached hydrogens (tertiary/aromatic N) is 1. The fourth-order valence-electron chi connectivity index (χ4n) is 4.70. The molecule has 20 heavy (non-hydrogen) atoms. The molecule has 0 aromatic carbocycles. The molecule has 2 fully saturated rings. The normalized spacial score (nSPS) is 40.5. The van der Waals surface area contributed by atoms with Gasteiger partial charge in [-0.05, 0) is 57.5 Å². The van der Waals surface area contributed by atoms with Crippen LogP contribution in [0.15, 0.2) is 0 Å². The predicted octanol–water partition coefficient (Wildman–Crippen LogP) is 2.77. The highest BCUT2D eigenvalue weighted by molar-refractivity contribution is 5.03. The second-order valence-corrected chi connectivity index (χ2v) is 7.41. The van der Waals surface area contributed by atoms with E-state index in [-0.39, 0.29) is 5.41 Å². The molecule has 3 N–H and O–H groups in total. The molecule has 0 spiro atoms. The third-order valence-corrected chi connectivity index (χ3v) is 5.92. The molecule has 3 unspecified atom stereocenters. The summed E-state index contributed by atoms with van der Waals surface area (Å²) in [6.45, 7) is 8.57. The van der Waals surface area contributed by atoms with Gasteiger partial charge in [0.25, 0.3) is 0 Å². The molecule has 1 aliphatic heterocycles. The Hall–Kier alpha value is -0.120.